The molecular weight excluding hydrogens is 363 g/mol. The molecule has 0 spiro atoms. The van der Waals surface area contributed by atoms with Gasteiger partial charge in [0.2, 0.25) is 0 Å². The highest BCUT2D eigenvalue weighted by atomic mass is 35.5. The van der Waals surface area contributed by atoms with E-state index in [1.807, 2.05) is 0 Å². The van der Waals surface area contributed by atoms with Crippen LogP contribution < -0.4 is 5.32 Å². The van der Waals surface area contributed by atoms with E-state index in [2.05, 4.69) is 5.32 Å². The summed E-state index contributed by atoms with van der Waals surface area (Å²) in [5.41, 5.74) is 2.35. The van der Waals surface area contributed by atoms with E-state index in [9.17, 15) is 14.4 Å². The van der Waals surface area contributed by atoms with Crippen LogP contribution in [0.25, 0.3) is 22.0 Å². The van der Waals surface area contributed by atoms with Gasteiger partial charge in [-0.25, -0.2) is 0 Å². The van der Waals surface area contributed by atoms with Gasteiger partial charge in [-0.1, -0.05) is 41.4 Å². The molecule has 4 rings (SSSR count). The Hall–Kier alpha value is -2.63. The van der Waals surface area contributed by atoms with Crippen molar-refractivity contribution in [3.05, 3.63) is 57.2 Å². The fourth-order valence-corrected chi connectivity index (χ4v) is 3.87. The average Bonchev–Trinajstić information content (AvgIpc) is 3.01. The number of rotatable bonds is 2. The van der Waals surface area contributed by atoms with Crippen molar-refractivity contribution >= 4 is 52.2 Å². The molecule has 0 aliphatic carbocycles. The lowest BCUT2D eigenvalue weighted by atomic mass is 9.94. The monoisotopic (exact) mass is 372 g/mol. The van der Waals surface area contributed by atoms with Crippen LogP contribution in [-0.4, -0.2) is 22.7 Å². The second kappa shape index (κ2) is 5.44. The number of amides is 2. The molecule has 3 aromatic rings. The normalized spacial score (nSPS) is 13.2. The highest BCUT2D eigenvalue weighted by Crippen LogP contribution is 2.41. The zero-order chi connectivity index (χ0) is 17.9. The number of fused-ring (bicyclic) bond motifs is 3. The fraction of sp³-hybridized carbons (Fsp3) is 0.0556. The summed E-state index contributed by atoms with van der Waals surface area (Å²) in [6.45, 7) is 0. The molecule has 2 heterocycles. The second-order valence-electron chi connectivity index (χ2n) is 5.71. The Balaban J connectivity index is 2.24. The highest BCUT2D eigenvalue weighted by Gasteiger charge is 2.35. The number of aryl methyl sites for hydroxylation is 1. The predicted molar refractivity (Wildman–Crippen MR) is 95.6 cm³/mol. The van der Waals surface area contributed by atoms with Gasteiger partial charge in [0.15, 0.2) is 6.29 Å². The maximum atomic E-state index is 12.4. The smallest absolute Gasteiger partial charge is 0.259 e. The molecule has 0 unspecified atom stereocenters. The van der Waals surface area contributed by atoms with Crippen molar-refractivity contribution in [3.8, 4) is 11.1 Å². The van der Waals surface area contributed by atoms with Crippen molar-refractivity contribution in [1.29, 1.82) is 0 Å². The lowest BCUT2D eigenvalue weighted by Gasteiger charge is -2.10. The molecule has 0 bridgehead atoms. The van der Waals surface area contributed by atoms with Gasteiger partial charge in [-0.3, -0.25) is 19.7 Å². The number of hydrogen-bond donors (Lipinski definition) is 1. The van der Waals surface area contributed by atoms with Crippen LogP contribution in [0.4, 0.5) is 0 Å². The van der Waals surface area contributed by atoms with E-state index < -0.39 is 11.8 Å². The van der Waals surface area contributed by atoms with Crippen LogP contribution in [0.1, 0.15) is 31.2 Å². The van der Waals surface area contributed by atoms with Gasteiger partial charge in [0.25, 0.3) is 11.8 Å². The minimum atomic E-state index is -0.538. The molecule has 0 fully saturated rings. The van der Waals surface area contributed by atoms with Gasteiger partial charge in [-0.05, 0) is 17.7 Å². The molecule has 1 aliphatic heterocycles. The predicted octanol–water partition coefficient (Wildman–Crippen LogP) is 3.85. The first kappa shape index (κ1) is 15.9. The van der Waals surface area contributed by atoms with E-state index in [4.69, 9.17) is 23.2 Å². The molecule has 1 aromatic heterocycles. The zero-order valence-electron chi connectivity index (χ0n) is 12.9. The molecule has 1 N–H and O–H groups in total. The Morgan fingerprint density at radius 3 is 2.40 bits per heavy atom. The number of nitrogens with zero attached hydrogens (tertiary/aromatic N) is 1. The van der Waals surface area contributed by atoms with Gasteiger partial charge in [-0.2, -0.15) is 0 Å². The molecule has 0 saturated carbocycles. The summed E-state index contributed by atoms with van der Waals surface area (Å²) in [6, 6.07) is 8.77. The van der Waals surface area contributed by atoms with Crippen molar-refractivity contribution in [1.82, 2.24) is 9.88 Å². The van der Waals surface area contributed by atoms with E-state index in [0.29, 0.717) is 33.3 Å². The maximum Gasteiger partial charge on any atom is 0.259 e. The van der Waals surface area contributed by atoms with Crippen molar-refractivity contribution in [2.45, 2.75) is 0 Å². The van der Waals surface area contributed by atoms with Crippen molar-refractivity contribution in [2.75, 3.05) is 0 Å². The zero-order valence-corrected chi connectivity index (χ0v) is 14.4. The van der Waals surface area contributed by atoms with E-state index in [-0.39, 0.29) is 21.8 Å². The molecule has 2 aromatic carbocycles. The number of carbonyl (C=O) groups is 3. The topological polar surface area (TPSA) is 68.2 Å². The van der Waals surface area contributed by atoms with Crippen molar-refractivity contribution in [3.63, 3.8) is 0 Å². The lowest BCUT2D eigenvalue weighted by Crippen LogP contribution is -2.20. The van der Waals surface area contributed by atoms with Crippen LogP contribution in [0.15, 0.2) is 30.3 Å². The van der Waals surface area contributed by atoms with Crippen LogP contribution in [0, 0.1) is 0 Å². The average molecular weight is 373 g/mol. The Kier molecular flexibility index (Phi) is 3.45. The summed E-state index contributed by atoms with van der Waals surface area (Å²) >= 11 is 12.6. The SMILES string of the molecule is Cn1c(C=O)c(Cl)c2c3c(c(-c4ccccc4Cl)cc21)C(=O)NC3=O. The number of halogens is 2. The van der Waals surface area contributed by atoms with E-state index in [0.717, 1.165) is 0 Å². The molecule has 0 radical (unpaired) electrons. The summed E-state index contributed by atoms with van der Waals surface area (Å²) < 4.78 is 1.60. The van der Waals surface area contributed by atoms with Crippen LogP contribution in [-0.2, 0) is 7.05 Å². The van der Waals surface area contributed by atoms with E-state index >= 15 is 0 Å². The van der Waals surface area contributed by atoms with Gasteiger partial charge >= 0.3 is 0 Å². The van der Waals surface area contributed by atoms with Gasteiger partial charge in [-0.15, -0.1) is 0 Å². The van der Waals surface area contributed by atoms with E-state index in [1.54, 1.807) is 41.9 Å². The Morgan fingerprint density at radius 2 is 1.72 bits per heavy atom. The number of aldehydes is 1. The Morgan fingerprint density at radius 1 is 1.04 bits per heavy atom. The quantitative estimate of drug-likeness (QED) is 0.548. The van der Waals surface area contributed by atoms with Crippen LogP contribution >= 0.6 is 23.2 Å². The molecule has 5 nitrogen and oxygen atoms in total. The molecule has 0 atom stereocenters. The summed E-state index contributed by atoms with van der Waals surface area (Å²) in [5, 5.41) is 3.29. The molecule has 25 heavy (non-hydrogen) atoms. The molecule has 2 amide bonds. The molecule has 1 aliphatic rings. The van der Waals surface area contributed by atoms with Crippen LogP contribution in [0.2, 0.25) is 10.0 Å². The fourth-order valence-electron chi connectivity index (χ4n) is 3.27. The first-order valence-electron chi connectivity index (χ1n) is 7.36. The third-order valence-corrected chi connectivity index (χ3v) is 5.14. The second-order valence-corrected chi connectivity index (χ2v) is 6.49. The number of carbonyl (C=O) groups excluding carboxylic acids is 3. The van der Waals surface area contributed by atoms with Gasteiger partial charge in [0.1, 0.15) is 5.69 Å². The van der Waals surface area contributed by atoms with E-state index in [1.165, 1.54) is 0 Å². The first-order valence-corrected chi connectivity index (χ1v) is 8.12. The minimum absolute atomic E-state index is 0.152. The third-order valence-electron chi connectivity index (χ3n) is 4.43. The molecule has 124 valence electrons. The highest BCUT2D eigenvalue weighted by molar-refractivity contribution is 6.42. The minimum Gasteiger partial charge on any atom is -0.340 e. The lowest BCUT2D eigenvalue weighted by molar-refractivity contribution is 0.0880. The first-order chi connectivity index (χ1) is 12.0. The Labute approximate surface area is 152 Å². The number of hydrogen-bond acceptors (Lipinski definition) is 3. The number of nitrogens with one attached hydrogen (secondary N) is 1. The summed E-state index contributed by atoms with van der Waals surface area (Å²) in [7, 11) is 1.68. The third kappa shape index (κ3) is 2.06. The maximum absolute atomic E-state index is 12.4. The van der Waals surface area contributed by atoms with Crippen molar-refractivity contribution < 1.29 is 14.4 Å². The Bertz CT molecular complexity index is 1120. The summed E-state index contributed by atoms with van der Waals surface area (Å²) in [4.78, 5) is 36.2. The molecule has 7 heteroatoms. The number of imide groups is 1. The van der Waals surface area contributed by atoms with Crippen LogP contribution in [0.3, 0.4) is 0 Å². The standard InChI is InChI=1S/C18H10Cl2N2O3/c1-22-11-6-9(8-4-2-3-5-10(8)19)13-15(18(25)21-17(13)24)14(11)16(20)12(22)7-23/h2-7H,1H3,(H,21,24,25). The number of benzene rings is 2. The van der Waals surface area contributed by atoms with Gasteiger partial charge in [0.05, 0.1) is 21.7 Å². The molecule has 0 saturated heterocycles. The summed E-state index contributed by atoms with van der Waals surface area (Å²) in [6.07, 6.45) is 0.624. The van der Waals surface area contributed by atoms with Crippen LogP contribution in [0.5, 0.6) is 0 Å². The van der Waals surface area contributed by atoms with Crippen molar-refractivity contribution in [2.24, 2.45) is 7.05 Å². The van der Waals surface area contributed by atoms with Gasteiger partial charge in [0, 0.05) is 23.0 Å². The number of aromatic nitrogens is 1. The molecular formula is C18H10Cl2N2O3. The summed E-state index contributed by atoms with van der Waals surface area (Å²) in [5.74, 6) is -1.05. The van der Waals surface area contributed by atoms with Gasteiger partial charge < -0.3 is 4.57 Å². The largest absolute Gasteiger partial charge is 0.340 e.